The lowest BCUT2D eigenvalue weighted by atomic mass is 10.1. The molecule has 2 rings (SSSR count). The maximum atomic E-state index is 4.32. The molecule has 1 aromatic heterocycles. The Bertz CT molecular complexity index is 490. The predicted molar refractivity (Wildman–Crippen MR) is 79.1 cm³/mol. The molecule has 0 radical (unpaired) electrons. The van der Waals surface area contributed by atoms with E-state index in [4.69, 9.17) is 0 Å². The van der Waals surface area contributed by atoms with Crippen molar-refractivity contribution in [2.45, 2.75) is 45.8 Å². The molecule has 0 amide bonds. The molecule has 3 heteroatoms. The molecule has 0 aliphatic carbocycles. The average Bonchev–Trinajstić information content (AvgIpc) is 2.88. The lowest BCUT2D eigenvalue weighted by molar-refractivity contribution is 0.477. The summed E-state index contributed by atoms with van der Waals surface area (Å²) in [6.07, 6.45) is 5.12. The molecule has 0 aliphatic heterocycles. The number of benzene rings is 1. The molecule has 0 saturated carbocycles. The molecule has 1 heterocycles. The summed E-state index contributed by atoms with van der Waals surface area (Å²) in [7, 11) is 0. The number of aromatic nitrogens is 2. The average molecular weight is 257 g/mol. The Morgan fingerprint density at radius 2 is 1.95 bits per heavy atom. The summed E-state index contributed by atoms with van der Waals surface area (Å²) in [6.45, 7) is 7.45. The number of rotatable bonds is 6. The molecule has 2 atom stereocenters. The standard InChI is InChI=1S/C16H23N3/c1-4-19-12-16(11-17-19)14(3)18-13(2)10-15-8-6-5-7-9-15/h5-9,11-14,18H,4,10H2,1-3H3. The Labute approximate surface area is 115 Å². The quantitative estimate of drug-likeness (QED) is 0.861. The van der Waals surface area contributed by atoms with Crippen LogP contribution in [0.15, 0.2) is 42.7 Å². The van der Waals surface area contributed by atoms with Crippen LogP contribution >= 0.6 is 0 Å². The van der Waals surface area contributed by atoms with E-state index in [1.807, 2.05) is 10.9 Å². The van der Waals surface area contributed by atoms with Crippen LogP contribution in [0, 0.1) is 0 Å². The molecular weight excluding hydrogens is 234 g/mol. The van der Waals surface area contributed by atoms with Crippen LogP contribution in [0.4, 0.5) is 0 Å². The third-order valence-electron chi connectivity index (χ3n) is 3.40. The van der Waals surface area contributed by atoms with Gasteiger partial charge in [0.05, 0.1) is 6.20 Å². The molecule has 19 heavy (non-hydrogen) atoms. The van der Waals surface area contributed by atoms with Crippen LogP contribution in [-0.2, 0) is 13.0 Å². The molecule has 3 nitrogen and oxygen atoms in total. The van der Waals surface area contributed by atoms with Crippen molar-refractivity contribution in [1.29, 1.82) is 0 Å². The van der Waals surface area contributed by atoms with E-state index < -0.39 is 0 Å². The van der Waals surface area contributed by atoms with E-state index >= 15 is 0 Å². The molecule has 0 spiro atoms. The fourth-order valence-electron chi connectivity index (χ4n) is 2.33. The van der Waals surface area contributed by atoms with Crippen LogP contribution in [0.3, 0.4) is 0 Å². The number of nitrogens with zero attached hydrogens (tertiary/aromatic N) is 2. The van der Waals surface area contributed by atoms with Gasteiger partial charge in [-0.1, -0.05) is 30.3 Å². The Balaban J connectivity index is 1.89. The third-order valence-corrected chi connectivity index (χ3v) is 3.40. The van der Waals surface area contributed by atoms with Crippen molar-refractivity contribution < 1.29 is 0 Å². The van der Waals surface area contributed by atoms with Gasteiger partial charge in [-0.15, -0.1) is 0 Å². The fourth-order valence-corrected chi connectivity index (χ4v) is 2.33. The van der Waals surface area contributed by atoms with Crippen molar-refractivity contribution in [3.8, 4) is 0 Å². The second kappa shape index (κ2) is 6.53. The van der Waals surface area contributed by atoms with Crippen LogP contribution in [0.1, 0.15) is 37.9 Å². The Hall–Kier alpha value is -1.61. The van der Waals surface area contributed by atoms with Gasteiger partial charge in [0.1, 0.15) is 0 Å². The summed E-state index contributed by atoms with van der Waals surface area (Å²) < 4.78 is 1.97. The zero-order chi connectivity index (χ0) is 13.7. The maximum Gasteiger partial charge on any atom is 0.0537 e. The van der Waals surface area contributed by atoms with Gasteiger partial charge in [0.2, 0.25) is 0 Å². The van der Waals surface area contributed by atoms with E-state index in [1.165, 1.54) is 11.1 Å². The summed E-state index contributed by atoms with van der Waals surface area (Å²) in [5, 5.41) is 7.95. The van der Waals surface area contributed by atoms with Gasteiger partial charge < -0.3 is 5.32 Å². The van der Waals surface area contributed by atoms with Gasteiger partial charge in [0.15, 0.2) is 0 Å². The summed E-state index contributed by atoms with van der Waals surface area (Å²) in [6, 6.07) is 11.4. The zero-order valence-electron chi connectivity index (χ0n) is 12.0. The fraction of sp³-hybridized carbons (Fsp3) is 0.438. The summed E-state index contributed by atoms with van der Waals surface area (Å²) >= 11 is 0. The highest BCUT2D eigenvalue weighted by molar-refractivity contribution is 5.16. The van der Waals surface area contributed by atoms with Crippen LogP contribution < -0.4 is 5.32 Å². The van der Waals surface area contributed by atoms with Gasteiger partial charge in [-0.3, -0.25) is 4.68 Å². The van der Waals surface area contributed by atoms with E-state index in [0.29, 0.717) is 12.1 Å². The Morgan fingerprint density at radius 1 is 1.21 bits per heavy atom. The summed E-state index contributed by atoms with van der Waals surface area (Å²) in [4.78, 5) is 0. The van der Waals surface area contributed by atoms with Gasteiger partial charge in [-0.25, -0.2) is 0 Å². The van der Waals surface area contributed by atoms with E-state index in [2.05, 4.69) is 67.7 Å². The molecule has 2 unspecified atom stereocenters. The van der Waals surface area contributed by atoms with Crippen molar-refractivity contribution in [3.05, 3.63) is 53.9 Å². The third kappa shape index (κ3) is 3.93. The van der Waals surface area contributed by atoms with Gasteiger partial charge in [0.25, 0.3) is 0 Å². The van der Waals surface area contributed by atoms with Gasteiger partial charge in [0, 0.05) is 30.4 Å². The summed E-state index contributed by atoms with van der Waals surface area (Å²) in [5.74, 6) is 0. The first-order chi connectivity index (χ1) is 9.19. The number of nitrogens with one attached hydrogen (secondary N) is 1. The second-order valence-corrected chi connectivity index (χ2v) is 5.11. The molecule has 0 fully saturated rings. The maximum absolute atomic E-state index is 4.32. The molecule has 0 saturated heterocycles. The zero-order valence-corrected chi connectivity index (χ0v) is 12.0. The number of aryl methyl sites for hydroxylation is 1. The Kier molecular flexibility index (Phi) is 4.74. The van der Waals surface area contributed by atoms with Crippen molar-refractivity contribution >= 4 is 0 Å². The molecule has 1 aromatic carbocycles. The Morgan fingerprint density at radius 3 is 2.58 bits per heavy atom. The lowest BCUT2D eigenvalue weighted by Gasteiger charge is -2.19. The minimum absolute atomic E-state index is 0.332. The largest absolute Gasteiger partial charge is 0.307 e. The first-order valence-corrected chi connectivity index (χ1v) is 7.01. The lowest BCUT2D eigenvalue weighted by Crippen LogP contribution is -2.30. The van der Waals surface area contributed by atoms with Crippen molar-refractivity contribution in [2.75, 3.05) is 0 Å². The highest BCUT2D eigenvalue weighted by Crippen LogP contribution is 2.13. The van der Waals surface area contributed by atoms with Gasteiger partial charge in [-0.05, 0) is 32.8 Å². The second-order valence-electron chi connectivity index (χ2n) is 5.11. The summed E-state index contributed by atoms with van der Waals surface area (Å²) in [5.41, 5.74) is 2.63. The molecule has 0 aliphatic rings. The van der Waals surface area contributed by atoms with Crippen LogP contribution in [0.2, 0.25) is 0 Å². The van der Waals surface area contributed by atoms with E-state index in [1.54, 1.807) is 0 Å². The highest BCUT2D eigenvalue weighted by Gasteiger charge is 2.11. The smallest absolute Gasteiger partial charge is 0.0537 e. The van der Waals surface area contributed by atoms with Crippen LogP contribution in [0.5, 0.6) is 0 Å². The molecule has 0 bridgehead atoms. The molecular formula is C16H23N3. The topological polar surface area (TPSA) is 29.9 Å². The first-order valence-electron chi connectivity index (χ1n) is 7.01. The normalized spacial score (nSPS) is 14.3. The minimum Gasteiger partial charge on any atom is -0.307 e. The minimum atomic E-state index is 0.332. The molecule has 1 N–H and O–H groups in total. The first kappa shape index (κ1) is 13.8. The highest BCUT2D eigenvalue weighted by atomic mass is 15.3. The number of hydrogen-bond donors (Lipinski definition) is 1. The van der Waals surface area contributed by atoms with Crippen LogP contribution in [0.25, 0.3) is 0 Å². The predicted octanol–water partition coefficient (Wildman–Crippen LogP) is 3.18. The van der Waals surface area contributed by atoms with Crippen molar-refractivity contribution in [3.63, 3.8) is 0 Å². The van der Waals surface area contributed by atoms with E-state index in [0.717, 1.165) is 13.0 Å². The van der Waals surface area contributed by atoms with E-state index in [9.17, 15) is 0 Å². The van der Waals surface area contributed by atoms with E-state index in [-0.39, 0.29) is 0 Å². The molecule has 102 valence electrons. The van der Waals surface area contributed by atoms with Gasteiger partial charge in [-0.2, -0.15) is 5.10 Å². The van der Waals surface area contributed by atoms with Crippen molar-refractivity contribution in [2.24, 2.45) is 0 Å². The number of hydrogen-bond acceptors (Lipinski definition) is 2. The molecule has 2 aromatic rings. The monoisotopic (exact) mass is 257 g/mol. The SMILES string of the molecule is CCn1cc(C(C)NC(C)Cc2ccccc2)cn1. The van der Waals surface area contributed by atoms with Crippen molar-refractivity contribution in [1.82, 2.24) is 15.1 Å². The van der Waals surface area contributed by atoms with Crippen LogP contribution in [-0.4, -0.2) is 15.8 Å². The van der Waals surface area contributed by atoms with Gasteiger partial charge >= 0.3 is 0 Å².